The summed E-state index contributed by atoms with van der Waals surface area (Å²) in [5.74, 6) is 0. The van der Waals surface area contributed by atoms with Crippen LogP contribution in [-0.2, 0) is 11.3 Å². The minimum absolute atomic E-state index is 0.358. The largest absolute Gasteiger partial charge is 0.378 e. The highest BCUT2D eigenvalue weighted by atomic mass is 32.1. The van der Waals surface area contributed by atoms with Crippen molar-refractivity contribution in [3.63, 3.8) is 0 Å². The molecule has 19 heavy (non-hydrogen) atoms. The molecule has 1 aromatic heterocycles. The molecule has 100 valence electrons. The van der Waals surface area contributed by atoms with Crippen LogP contribution in [0, 0.1) is 0 Å². The molecule has 0 radical (unpaired) electrons. The summed E-state index contributed by atoms with van der Waals surface area (Å²) in [5.41, 5.74) is 1.77. The van der Waals surface area contributed by atoms with Gasteiger partial charge in [-0.15, -0.1) is 0 Å². The van der Waals surface area contributed by atoms with Crippen molar-refractivity contribution in [3.05, 3.63) is 40.9 Å². The number of carbonyl (C=O) groups excluding carboxylic acids is 1. The lowest BCUT2D eigenvalue weighted by Crippen LogP contribution is -2.15. The first kappa shape index (κ1) is 13.7. The summed E-state index contributed by atoms with van der Waals surface area (Å²) in [6.07, 6.45) is 0.842. The number of para-hydroxylation sites is 1. The van der Waals surface area contributed by atoms with Gasteiger partial charge in [0.2, 0.25) is 0 Å². The van der Waals surface area contributed by atoms with Crippen LogP contribution in [0.15, 0.2) is 30.3 Å². The van der Waals surface area contributed by atoms with Crippen molar-refractivity contribution >= 4 is 28.4 Å². The second kappa shape index (κ2) is 6.45. The van der Waals surface area contributed by atoms with Gasteiger partial charge in [-0.2, -0.15) is 0 Å². The van der Waals surface area contributed by atoms with Crippen molar-refractivity contribution in [2.24, 2.45) is 0 Å². The van der Waals surface area contributed by atoms with Crippen LogP contribution in [-0.4, -0.2) is 24.9 Å². The maximum Gasteiger partial charge on any atom is 0.190 e. The summed E-state index contributed by atoms with van der Waals surface area (Å²) in [4.78, 5) is 18.3. The molecule has 0 aliphatic carbocycles. The first-order valence-corrected chi connectivity index (χ1v) is 6.88. The van der Waals surface area contributed by atoms with Crippen LogP contribution in [0.5, 0.6) is 0 Å². The fraction of sp³-hybridized carbons (Fsp3) is 0.286. The number of nitrogens with zero attached hydrogens (tertiary/aromatic N) is 2. The van der Waals surface area contributed by atoms with Crippen molar-refractivity contribution in [2.75, 3.05) is 18.6 Å². The minimum Gasteiger partial charge on any atom is -0.378 e. The van der Waals surface area contributed by atoms with Gasteiger partial charge in [0.05, 0.1) is 17.2 Å². The molecule has 5 heteroatoms. The zero-order chi connectivity index (χ0) is 13.7. The number of ether oxygens (including phenoxy) is 1. The lowest BCUT2D eigenvalue weighted by Gasteiger charge is -2.19. The van der Waals surface area contributed by atoms with E-state index in [4.69, 9.17) is 4.74 Å². The first-order chi connectivity index (χ1) is 9.30. The molecule has 0 amide bonds. The molecule has 0 saturated carbocycles. The normalized spacial score (nSPS) is 10.4. The highest BCUT2D eigenvalue weighted by Gasteiger charge is 2.16. The quantitative estimate of drug-likeness (QED) is 0.759. The van der Waals surface area contributed by atoms with Crippen molar-refractivity contribution in [1.82, 2.24) is 4.98 Å². The van der Waals surface area contributed by atoms with Crippen LogP contribution < -0.4 is 4.90 Å². The van der Waals surface area contributed by atoms with E-state index in [9.17, 15) is 4.79 Å². The molecule has 2 rings (SSSR count). The van der Waals surface area contributed by atoms with Gasteiger partial charge >= 0.3 is 0 Å². The molecular weight excluding hydrogens is 260 g/mol. The highest BCUT2D eigenvalue weighted by molar-refractivity contribution is 7.17. The Balaban J connectivity index is 2.36. The molecule has 0 aliphatic rings. The Hall–Kier alpha value is -1.72. The van der Waals surface area contributed by atoms with E-state index in [2.05, 4.69) is 16.8 Å². The van der Waals surface area contributed by atoms with Crippen molar-refractivity contribution in [1.29, 1.82) is 0 Å². The van der Waals surface area contributed by atoms with E-state index in [1.165, 1.54) is 11.3 Å². The molecule has 0 fully saturated rings. The van der Waals surface area contributed by atoms with Crippen LogP contribution in [0.1, 0.15) is 22.3 Å². The molecule has 0 unspecified atom stereocenters. The van der Waals surface area contributed by atoms with Gasteiger partial charge < -0.3 is 9.64 Å². The van der Waals surface area contributed by atoms with E-state index in [1.54, 1.807) is 7.11 Å². The van der Waals surface area contributed by atoms with Gasteiger partial charge in [0, 0.05) is 19.3 Å². The van der Waals surface area contributed by atoms with Crippen LogP contribution in [0.2, 0.25) is 0 Å². The zero-order valence-electron chi connectivity index (χ0n) is 11.0. The Bertz CT molecular complexity index is 540. The standard InChI is InChI=1S/C14H16N2O2S/c1-3-16(11-7-5-4-6-8-11)14-15-12(10-18-2)13(9-17)19-14/h4-9H,3,10H2,1-2H3. The topological polar surface area (TPSA) is 42.4 Å². The fourth-order valence-electron chi connectivity index (χ4n) is 1.83. The van der Waals surface area contributed by atoms with Gasteiger partial charge in [0.25, 0.3) is 0 Å². The molecular formula is C14H16N2O2S. The molecule has 0 bridgehead atoms. The molecule has 0 N–H and O–H groups in total. The van der Waals surface area contributed by atoms with Gasteiger partial charge in [0.15, 0.2) is 11.4 Å². The summed E-state index contributed by atoms with van der Waals surface area (Å²) in [7, 11) is 1.60. The third-order valence-corrected chi connectivity index (χ3v) is 3.77. The number of hydrogen-bond donors (Lipinski definition) is 0. The number of methoxy groups -OCH3 is 1. The number of anilines is 2. The van der Waals surface area contributed by atoms with Crippen molar-refractivity contribution in [3.8, 4) is 0 Å². The Kier molecular flexibility index (Phi) is 4.65. The Morgan fingerprint density at radius 2 is 2.11 bits per heavy atom. The second-order valence-corrected chi connectivity index (χ2v) is 4.95. The molecule has 0 aliphatic heterocycles. The Morgan fingerprint density at radius 3 is 2.68 bits per heavy atom. The predicted molar refractivity (Wildman–Crippen MR) is 77.3 cm³/mol. The molecule has 1 heterocycles. The smallest absolute Gasteiger partial charge is 0.190 e. The number of carbonyl (C=O) groups is 1. The SMILES string of the molecule is CCN(c1ccccc1)c1nc(COC)c(C=O)s1. The molecule has 2 aromatic rings. The average molecular weight is 276 g/mol. The number of aromatic nitrogens is 1. The van der Waals surface area contributed by atoms with Gasteiger partial charge in [0.1, 0.15) is 0 Å². The van der Waals surface area contributed by atoms with E-state index in [-0.39, 0.29) is 0 Å². The van der Waals surface area contributed by atoms with Crippen molar-refractivity contribution in [2.45, 2.75) is 13.5 Å². The number of thiazole rings is 1. The average Bonchev–Trinajstić information content (AvgIpc) is 2.84. The summed E-state index contributed by atoms with van der Waals surface area (Å²) in [5, 5.41) is 0.822. The summed E-state index contributed by atoms with van der Waals surface area (Å²) >= 11 is 1.39. The minimum atomic E-state index is 0.358. The van der Waals surface area contributed by atoms with E-state index in [0.29, 0.717) is 17.2 Å². The number of benzene rings is 1. The van der Waals surface area contributed by atoms with E-state index in [0.717, 1.165) is 23.6 Å². The van der Waals surface area contributed by atoms with E-state index >= 15 is 0 Å². The monoisotopic (exact) mass is 276 g/mol. The molecule has 0 spiro atoms. The molecule has 1 aromatic carbocycles. The van der Waals surface area contributed by atoms with E-state index in [1.807, 2.05) is 30.3 Å². The summed E-state index contributed by atoms with van der Waals surface area (Å²) in [6.45, 7) is 3.21. The van der Waals surface area contributed by atoms with Crippen molar-refractivity contribution < 1.29 is 9.53 Å². The highest BCUT2D eigenvalue weighted by Crippen LogP contribution is 2.31. The van der Waals surface area contributed by atoms with E-state index < -0.39 is 0 Å². The van der Waals surface area contributed by atoms with Gasteiger partial charge in [-0.1, -0.05) is 29.5 Å². The van der Waals surface area contributed by atoms with Gasteiger partial charge in [-0.3, -0.25) is 4.79 Å². The summed E-state index contributed by atoms with van der Waals surface area (Å²) in [6, 6.07) is 10.0. The van der Waals surface area contributed by atoms with Gasteiger partial charge in [-0.05, 0) is 19.1 Å². The van der Waals surface area contributed by atoms with Gasteiger partial charge in [-0.25, -0.2) is 4.98 Å². The van der Waals surface area contributed by atoms with Crippen LogP contribution in [0.25, 0.3) is 0 Å². The lowest BCUT2D eigenvalue weighted by atomic mass is 10.3. The molecule has 4 nitrogen and oxygen atoms in total. The van der Waals surface area contributed by atoms with Crippen LogP contribution >= 0.6 is 11.3 Å². The maximum absolute atomic E-state index is 11.1. The first-order valence-electron chi connectivity index (χ1n) is 6.06. The van der Waals surface area contributed by atoms with Crippen LogP contribution in [0.3, 0.4) is 0 Å². The third kappa shape index (κ3) is 3.00. The number of rotatable bonds is 6. The Labute approximate surface area is 116 Å². The lowest BCUT2D eigenvalue weighted by molar-refractivity contribution is 0.112. The number of aldehydes is 1. The van der Waals surface area contributed by atoms with Crippen LogP contribution in [0.4, 0.5) is 10.8 Å². The summed E-state index contributed by atoms with van der Waals surface area (Å²) < 4.78 is 5.07. The zero-order valence-corrected chi connectivity index (χ0v) is 11.8. The Morgan fingerprint density at radius 1 is 1.37 bits per heavy atom. The molecule has 0 atom stereocenters. The number of hydrogen-bond acceptors (Lipinski definition) is 5. The third-order valence-electron chi connectivity index (χ3n) is 2.72. The molecule has 0 saturated heterocycles. The predicted octanol–water partition coefficient (Wildman–Crippen LogP) is 3.26. The second-order valence-electron chi connectivity index (χ2n) is 3.94. The fourth-order valence-corrected chi connectivity index (χ4v) is 2.80. The maximum atomic E-state index is 11.1.